The van der Waals surface area contributed by atoms with Crippen molar-refractivity contribution in [3.63, 3.8) is 0 Å². The predicted molar refractivity (Wildman–Crippen MR) is 99.4 cm³/mol. The first-order valence-electron chi connectivity index (χ1n) is 8.86. The molecule has 134 valence electrons. The Morgan fingerprint density at radius 3 is 2.60 bits per heavy atom. The van der Waals surface area contributed by atoms with Gasteiger partial charge in [0.2, 0.25) is 5.91 Å². The molecule has 0 bridgehead atoms. The standard InChI is InChI=1S/C19H27N5O/c1-13(2)24-18(9-10-21-24)22-19(25)14(3)23-11-16(17(20)12-23)15-7-5-4-6-8-15/h4-10,13-14,16-17H,11-12,20H2,1-3H3,(H,22,25)/t14?,16-,17+/m0/s1. The molecule has 1 aromatic carbocycles. The van der Waals surface area contributed by atoms with Crippen LogP contribution in [0, 0.1) is 0 Å². The lowest BCUT2D eigenvalue weighted by Crippen LogP contribution is -2.42. The second-order valence-electron chi connectivity index (χ2n) is 7.05. The van der Waals surface area contributed by atoms with Crippen LogP contribution in [0.3, 0.4) is 0 Å². The first-order valence-corrected chi connectivity index (χ1v) is 8.86. The van der Waals surface area contributed by atoms with Gasteiger partial charge < -0.3 is 11.1 Å². The molecule has 2 heterocycles. The van der Waals surface area contributed by atoms with Crippen molar-refractivity contribution in [3.8, 4) is 0 Å². The summed E-state index contributed by atoms with van der Waals surface area (Å²) in [6, 6.07) is 12.1. The largest absolute Gasteiger partial charge is 0.326 e. The Morgan fingerprint density at radius 2 is 1.92 bits per heavy atom. The van der Waals surface area contributed by atoms with Gasteiger partial charge in [0.1, 0.15) is 5.82 Å². The van der Waals surface area contributed by atoms with Crippen LogP contribution in [-0.2, 0) is 4.79 Å². The smallest absolute Gasteiger partial charge is 0.242 e. The molecule has 0 aliphatic carbocycles. The van der Waals surface area contributed by atoms with Gasteiger partial charge in [-0.3, -0.25) is 9.69 Å². The number of carbonyl (C=O) groups excluding carboxylic acids is 1. The summed E-state index contributed by atoms with van der Waals surface area (Å²) in [5, 5.41) is 7.25. The van der Waals surface area contributed by atoms with Gasteiger partial charge in [0.05, 0.1) is 12.2 Å². The fourth-order valence-corrected chi connectivity index (χ4v) is 3.45. The minimum Gasteiger partial charge on any atom is -0.326 e. The van der Waals surface area contributed by atoms with Crippen LogP contribution in [0.1, 0.15) is 38.3 Å². The van der Waals surface area contributed by atoms with E-state index in [1.807, 2.05) is 49.7 Å². The minimum atomic E-state index is -0.240. The average Bonchev–Trinajstić information content (AvgIpc) is 3.21. The van der Waals surface area contributed by atoms with Crippen LogP contribution in [0.25, 0.3) is 0 Å². The fourth-order valence-electron chi connectivity index (χ4n) is 3.45. The summed E-state index contributed by atoms with van der Waals surface area (Å²) in [4.78, 5) is 14.8. The lowest BCUT2D eigenvalue weighted by molar-refractivity contribution is -0.120. The zero-order valence-electron chi connectivity index (χ0n) is 15.1. The number of likely N-dealkylation sites (tertiary alicyclic amines) is 1. The first kappa shape index (κ1) is 17.6. The fraction of sp³-hybridized carbons (Fsp3) is 0.474. The van der Waals surface area contributed by atoms with Crippen LogP contribution in [-0.4, -0.2) is 45.8 Å². The Hall–Kier alpha value is -2.18. The van der Waals surface area contributed by atoms with Gasteiger partial charge in [-0.1, -0.05) is 30.3 Å². The molecule has 3 rings (SSSR count). The summed E-state index contributed by atoms with van der Waals surface area (Å²) in [5.41, 5.74) is 7.59. The third-order valence-corrected chi connectivity index (χ3v) is 4.96. The maximum absolute atomic E-state index is 12.7. The van der Waals surface area contributed by atoms with Crippen LogP contribution in [0.4, 0.5) is 5.82 Å². The number of hydrogen-bond acceptors (Lipinski definition) is 4. The van der Waals surface area contributed by atoms with Gasteiger partial charge in [-0.05, 0) is 26.3 Å². The van der Waals surface area contributed by atoms with Crippen molar-refractivity contribution in [1.82, 2.24) is 14.7 Å². The Morgan fingerprint density at radius 1 is 1.20 bits per heavy atom. The van der Waals surface area contributed by atoms with Gasteiger partial charge in [-0.2, -0.15) is 5.10 Å². The Balaban J connectivity index is 1.66. The quantitative estimate of drug-likeness (QED) is 0.874. The molecule has 1 fully saturated rings. The number of amides is 1. The highest BCUT2D eigenvalue weighted by atomic mass is 16.2. The van der Waals surface area contributed by atoms with E-state index in [1.165, 1.54) is 5.56 Å². The first-order chi connectivity index (χ1) is 12.0. The molecule has 1 saturated heterocycles. The molecule has 0 saturated carbocycles. The van der Waals surface area contributed by atoms with E-state index < -0.39 is 0 Å². The van der Waals surface area contributed by atoms with Gasteiger partial charge in [0.15, 0.2) is 0 Å². The molecule has 1 amide bonds. The lowest BCUT2D eigenvalue weighted by Gasteiger charge is -2.24. The van der Waals surface area contributed by atoms with E-state index in [2.05, 4.69) is 27.4 Å². The molecule has 6 nitrogen and oxygen atoms in total. The Labute approximate surface area is 149 Å². The highest BCUT2D eigenvalue weighted by molar-refractivity contribution is 5.93. The van der Waals surface area contributed by atoms with Gasteiger partial charge in [-0.25, -0.2) is 4.68 Å². The zero-order chi connectivity index (χ0) is 18.0. The second-order valence-corrected chi connectivity index (χ2v) is 7.05. The third kappa shape index (κ3) is 3.75. The summed E-state index contributed by atoms with van der Waals surface area (Å²) in [7, 11) is 0. The number of nitrogens with two attached hydrogens (primary N) is 1. The van der Waals surface area contributed by atoms with E-state index in [1.54, 1.807) is 6.20 Å². The number of benzene rings is 1. The van der Waals surface area contributed by atoms with Crippen LogP contribution in [0.15, 0.2) is 42.6 Å². The molecule has 1 aliphatic rings. The SMILES string of the molecule is CC(C(=O)Nc1ccnn1C(C)C)N1C[C@@H](N)[C@H](c2ccccc2)C1. The van der Waals surface area contributed by atoms with E-state index in [0.29, 0.717) is 0 Å². The van der Waals surface area contributed by atoms with Crippen molar-refractivity contribution in [2.24, 2.45) is 5.73 Å². The molecule has 2 aromatic rings. The highest BCUT2D eigenvalue weighted by Crippen LogP contribution is 2.28. The van der Waals surface area contributed by atoms with Crippen molar-refractivity contribution in [3.05, 3.63) is 48.2 Å². The number of aromatic nitrogens is 2. The minimum absolute atomic E-state index is 0.0247. The van der Waals surface area contributed by atoms with Crippen molar-refractivity contribution >= 4 is 11.7 Å². The van der Waals surface area contributed by atoms with E-state index in [4.69, 9.17) is 5.73 Å². The molecule has 3 N–H and O–H groups in total. The molecular formula is C19H27N5O. The molecule has 0 radical (unpaired) electrons. The molecular weight excluding hydrogens is 314 g/mol. The van der Waals surface area contributed by atoms with Crippen molar-refractivity contribution in [2.45, 2.75) is 44.8 Å². The normalized spacial score (nSPS) is 22.3. The van der Waals surface area contributed by atoms with E-state index in [0.717, 1.165) is 18.9 Å². The third-order valence-electron chi connectivity index (χ3n) is 4.96. The maximum atomic E-state index is 12.7. The van der Waals surface area contributed by atoms with Crippen molar-refractivity contribution < 1.29 is 4.79 Å². The van der Waals surface area contributed by atoms with Crippen LogP contribution >= 0.6 is 0 Å². The summed E-state index contributed by atoms with van der Waals surface area (Å²) in [5.74, 6) is 0.968. The predicted octanol–water partition coefficient (Wildman–Crippen LogP) is 2.22. The van der Waals surface area contributed by atoms with Crippen LogP contribution in [0.5, 0.6) is 0 Å². The van der Waals surface area contributed by atoms with Gasteiger partial charge in [0.25, 0.3) is 0 Å². The molecule has 0 spiro atoms. The number of hydrogen-bond donors (Lipinski definition) is 2. The highest BCUT2D eigenvalue weighted by Gasteiger charge is 2.35. The second kappa shape index (κ2) is 7.37. The maximum Gasteiger partial charge on any atom is 0.242 e. The summed E-state index contributed by atoms with van der Waals surface area (Å²) >= 11 is 0. The summed E-state index contributed by atoms with van der Waals surface area (Å²) in [6.07, 6.45) is 1.71. The number of rotatable bonds is 5. The summed E-state index contributed by atoms with van der Waals surface area (Å²) in [6.45, 7) is 7.53. The van der Waals surface area contributed by atoms with E-state index >= 15 is 0 Å². The molecule has 25 heavy (non-hydrogen) atoms. The molecule has 3 atom stereocenters. The summed E-state index contributed by atoms with van der Waals surface area (Å²) < 4.78 is 1.81. The van der Waals surface area contributed by atoms with Gasteiger partial charge in [0, 0.05) is 37.2 Å². The molecule has 1 aliphatic heterocycles. The van der Waals surface area contributed by atoms with Gasteiger partial charge >= 0.3 is 0 Å². The Bertz CT molecular complexity index is 712. The van der Waals surface area contributed by atoms with Gasteiger partial charge in [-0.15, -0.1) is 0 Å². The number of carbonyl (C=O) groups is 1. The zero-order valence-corrected chi connectivity index (χ0v) is 15.1. The molecule has 1 unspecified atom stereocenters. The van der Waals surface area contributed by atoms with Crippen molar-refractivity contribution in [1.29, 1.82) is 0 Å². The molecule has 6 heteroatoms. The lowest BCUT2D eigenvalue weighted by atomic mass is 9.95. The number of anilines is 1. The van der Waals surface area contributed by atoms with Crippen molar-refractivity contribution in [2.75, 3.05) is 18.4 Å². The Kier molecular flexibility index (Phi) is 5.20. The van der Waals surface area contributed by atoms with Crippen LogP contribution in [0.2, 0.25) is 0 Å². The number of nitrogens with zero attached hydrogens (tertiary/aromatic N) is 3. The number of nitrogens with one attached hydrogen (secondary N) is 1. The van der Waals surface area contributed by atoms with E-state index in [-0.39, 0.29) is 30.0 Å². The average molecular weight is 341 g/mol. The monoisotopic (exact) mass is 341 g/mol. The molecule has 1 aromatic heterocycles. The topological polar surface area (TPSA) is 76.2 Å². The van der Waals surface area contributed by atoms with Crippen LogP contribution < -0.4 is 11.1 Å². The van der Waals surface area contributed by atoms with E-state index in [9.17, 15) is 4.79 Å².